The first-order valence-electron chi connectivity index (χ1n) is 6.67. The minimum Gasteiger partial charge on any atom is -0.382 e. The van der Waals surface area contributed by atoms with Crippen LogP contribution >= 0.6 is 12.2 Å². The van der Waals surface area contributed by atoms with E-state index in [1.807, 2.05) is 4.57 Å². The third-order valence-electron chi connectivity index (χ3n) is 3.09. The van der Waals surface area contributed by atoms with Crippen molar-refractivity contribution in [2.45, 2.75) is 19.4 Å². The number of hydrogen-bond acceptors (Lipinski definition) is 3. The maximum Gasteiger partial charge on any atom is 0.178 e. The number of H-pyrrole nitrogens is 1. The van der Waals surface area contributed by atoms with Crippen LogP contribution in [0, 0.1) is 10.6 Å². The molecule has 0 spiro atoms. The number of benzene rings is 1. The predicted octanol–water partition coefficient (Wildman–Crippen LogP) is 3.28. The van der Waals surface area contributed by atoms with Crippen LogP contribution in [0.1, 0.15) is 12.8 Å². The zero-order valence-electron chi connectivity index (χ0n) is 11.5. The molecule has 0 atom stereocenters. The summed E-state index contributed by atoms with van der Waals surface area (Å²) in [5.74, 6) is -0.257. The molecule has 0 saturated carbocycles. The molecule has 1 heterocycles. The normalized spacial score (nSPS) is 11.3. The Labute approximate surface area is 122 Å². The van der Waals surface area contributed by atoms with E-state index in [2.05, 4.69) is 4.98 Å². The molecule has 110 valence electrons. The number of halogens is 1. The van der Waals surface area contributed by atoms with Gasteiger partial charge in [-0.3, -0.25) is 0 Å². The average Bonchev–Trinajstić information content (AvgIpc) is 2.73. The lowest BCUT2D eigenvalue weighted by molar-refractivity contribution is 0.0684. The van der Waals surface area contributed by atoms with Crippen LogP contribution < -0.4 is 0 Å². The van der Waals surface area contributed by atoms with Crippen LogP contribution in [0.15, 0.2) is 18.2 Å². The highest BCUT2D eigenvalue weighted by Gasteiger charge is 2.05. The standard InChI is InChI=1S/C14H19FN2O2S/c1-18-8-9-19-7-3-2-6-17-13-5-4-11(15)10-12(13)16-14(17)20/h4-5,10H,2-3,6-9H2,1H3,(H,16,20). The summed E-state index contributed by atoms with van der Waals surface area (Å²) in [7, 11) is 1.66. The van der Waals surface area contributed by atoms with Gasteiger partial charge in [-0.25, -0.2) is 4.39 Å². The van der Waals surface area contributed by atoms with E-state index in [1.54, 1.807) is 13.2 Å². The molecular weight excluding hydrogens is 279 g/mol. The zero-order valence-corrected chi connectivity index (χ0v) is 12.3. The van der Waals surface area contributed by atoms with E-state index < -0.39 is 0 Å². The molecule has 0 fully saturated rings. The van der Waals surface area contributed by atoms with Crippen LogP contribution in [0.25, 0.3) is 11.0 Å². The summed E-state index contributed by atoms with van der Waals surface area (Å²) >= 11 is 5.27. The second-order valence-electron chi connectivity index (χ2n) is 4.56. The fourth-order valence-electron chi connectivity index (χ4n) is 2.08. The number of unbranched alkanes of at least 4 members (excludes halogenated alkanes) is 1. The Hall–Kier alpha value is -1.24. The van der Waals surface area contributed by atoms with Crippen LogP contribution in [-0.4, -0.2) is 36.5 Å². The molecule has 0 aliphatic rings. The largest absolute Gasteiger partial charge is 0.382 e. The number of rotatable bonds is 8. The Morgan fingerprint density at radius 1 is 1.25 bits per heavy atom. The van der Waals surface area contributed by atoms with Crippen molar-refractivity contribution < 1.29 is 13.9 Å². The van der Waals surface area contributed by atoms with Crippen LogP contribution in [0.2, 0.25) is 0 Å². The molecule has 2 rings (SSSR count). The van der Waals surface area contributed by atoms with Crippen molar-refractivity contribution in [3.05, 3.63) is 28.8 Å². The number of fused-ring (bicyclic) bond motifs is 1. The first-order chi connectivity index (χ1) is 9.72. The monoisotopic (exact) mass is 298 g/mol. The van der Waals surface area contributed by atoms with E-state index in [0.717, 1.165) is 30.4 Å². The van der Waals surface area contributed by atoms with Crippen molar-refractivity contribution in [2.24, 2.45) is 0 Å². The van der Waals surface area contributed by atoms with Crippen LogP contribution in [-0.2, 0) is 16.0 Å². The summed E-state index contributed by atoms with van der Waals surface area (Å²) in [5.41, 5.74) is 1.68. The average molecular weight is 298 g/mol. The number of hydrogen-bond donors (Lipinski definition) is 1. The Bertz CT molecular complexity index is 609. The third-order valence-corrected chi connectivity index (χ3v) is 3.41. The van der Waals surface area contributed by atoms with Crippen molar-refractivity contribution in [2.75, 3.05) is 26.9 Å². The minimum atomic E-state index is -0.257. The first kappa shape index (κ1) is 15.2. The minimum absolute atomic E-state index is 0.257. The summed E-state index contributed by atoms with van der Waals surface area (Å²) in [4.78, 5) is 3.03. The number of aromatic amines is 1. The lowest BCUT2D eigenvalue weighted by atomic mass is 10.3. The van der Waals surface area contributed by atoms with Crippen LogP contribution in [0.4, 0.5) is 4.39 Å². The van der Waals surface area contributed by atoms with E-state index in [0.29, 0.717) is 24.6 Å². The van der Waals surface area contributed by atoms with Crippen molar-refractivity contribution >= 4 is 23.3 Å². The van der Waals surface area contributed by atoms with Gasteiger partial charge >= 0.3 is 0 Å². The molecule has 2 aromatic rings. The van der Waals surface area contributed by atoms with E-state index in [-0.39, 0.29) is 5.82 Å². The number of imidazole rings is 1. The molecule has 0 saturated heterocycles. The Morgan fingerprint density at radius 2 is 2.10 bits per heavy atom. The second-order valence-corrected chi connectivity index (χ2v) is 4.94. The topological polar surface area (TPSA) is 39.2 Å². The third kappa shape index (κ3) is 3.88. The fraction of sp³-hybridized carbons (Fsp3) is 0.500. The number of aryl methyl sites for hydroxylation is 1. The van der Waals surface area contributed by atoms with Crippen LogP contribution in [0.5, 0.6) is 0 Å². The number of nitrogens with one attached hydrogen (secondary N) is 1. The van der Waals surface area contributed by atoms with Gasteiger partial charge in [-0.2, -0.15) is 0 Å². The van der Waals surface area contributed by atoms with Gasteiger partial charge in [0.25, 0.3) is 0 Å². The maximum absolute atomic E-state index is 13.1. The molecule has 1 aromatic heterocycles. The molecule has 0 radical (unpaired) electrons. The highest BCUT2D eigenvalue weighted by atomic mass is 32.1. The Morgan fingerprint density at radius 3 is 2.90 bits per heavy atom. The van der Waals surface area contributed by atoms with Crippen molar-refractivity contribution in [3.63, 3.8) is 0 Å². The number of aromatic nitrogens is 2. The maximum atomic E-state index is 13.1. The SMILES string of the molecule is COCCOCCCCn1c(=S)[nH]c2cc(F)ccc21. The molecule has 20 heavy (non-hydrogen) atoms. The van der Waals surface area contributed by atoms with Gasteiger partial charge in [-0.1, -0.05) is 0 Å². The summed E-state index contributed by atoms with van der Waals surface area (Å²) in [6, 6.07) is 4.68. The molecule has 1 N–H and O–H groups in total. The number of nitrogens with zero attached hydrogens (tertiary/aromatic N) is 1. The molecule has 0 unspecified atom stereocenters. The highest BCUT2D eigenvalue weighted by Crippen LogP contribution is 2.16. The number of ether oxygens (including phenoxy) is 2. The predicted molar refractivity (Wildman–Crippen MR) is 79.0 cm³/mol. The van der Waals surface area contributed by atoms with E-state index >= 15 is 0 Å². The smallest absolute Gasteiger partial charge is 0.178 e. The molecule has 0 aliphatic heterocycles. The lowest BCUT2D eigenvalue weighted by Gasteiger charge is -2.05. The molecule has 6 heteroatoms. The summed E-state index contributed by atoms with van der Waals surface area (Å²) in [6.45, 7) is 2.77. The quantitative estimate of drug-likeness (QED) is 0.600. The highest BCUT2D eigenvalue weighted by molar-refractivity contribution is 7.71. The Kier molecular flexibility index (Phi) is 5.70. The van der Waals surface area contributed by atoms with Gasteiger partial charge in [-0.15, -0.1) is 0 Å². The summed E-state index contributed by atoms with van der Waals surface area (Å²) in [5, 5.41) is 0. The molecule has 0 aliphatic carbocycles. The van der Waals surface area contributed by atoms with Crippen LogP contribution in [0.3, 0.4) is 0 Å². The van der Waals surface area contributed by atoms with Gasteiger partial charge in [-0.05, 0) is 43.3 Å². The molecule has 0 amide bonds. The summed E-state index contributed by atoms with van der Waals surface area (Å²) < 4.78 is 26.1. The fourth-order valence-corrected chi connectivity index (χ4v) is 2.38. The first-order valence-corrected chi connectivity index (χ1v) is 7.08. The van der Waals surface area contributed by atoms with E-state index in [1.165, 1.54) is 12.1 Å². The van der Waals surface area contributed by atoms with E-state index in [9.17, 15) is 4.39 Å². The van der Waals surface area contributed by atoms with Gasteiger partial charge in [0.1, 0.15) is 5.82 Å². The molecule has 4 nitrogen and oxygen atoms in total. The van der Waals surface area contributed by atoms with Gasteiger partial charge in [0, 0.05) is 20.3 Å². The Balaban J connectivity index is 1.87. The molecular formula is C14H19FN2O2S. The lowest BCUT2D eigenvalue weighted by Crippen LogP contribution is -2.04. The molecule has 0 bridgehead atoms. The van der Waals surface area contributed by atoms with Crippen molar-refractivity contribution in [1.29, 1.82) is 0 Å². The molecule has 1 aromatic carbocycles. The van der Waals surface area contributed by atoms with Gasteiger partial charge in [0.05, 0.1) is 24.2 Å². The summed E-state index contributed by atoms with van der Waals surface area (Å²) in [6.07, 6.45) is 1.92. The van der Waals surface area contributed by atoms with Gasteiger partial charge in [0.15, 0.2) is 4.77 Å². The van der Waals surface area contributed by atoms with Gasteiger partial charge < -0.3 is 19.0 Å². The number of methoxy groups -OCH3 is 1. The van der Waals surface area contributed by atoms with Crippen molar-refractivity contribution in [1.82, 2.24) is 9.55 Å². The van der Waals surface area contributed by atoms with Crippen molar-refractivity contribution in [3.8, 4) is 0 Å². The second kappa shape index (κ2) is 7.52. The van der Waals surface area contributed by atoms with E-state index in [4.69, 9.17) is 21.7 Å². The zero-order chi connectivity index (χ0) is 14.4. The van der Waals surface area contributed by atoms with Gasteiger partial charge in [0.2, 0.25) is 0 Å².